The van der Waals surface area contributed by atoms with Crippen LogP contribution in [0, 0.1) is 5.82 Å². The number of hydrogen-bond donors (Lipinski definition) is 3. The number of hydrogen-bond acceptors (Lipinski definition) is 3. The topological polar surface area (TPSA) is 67.2 Å². The molecule has 1 aliphatic rings. The molecule has 1 aromatic carbocycles. The zero-order valence-corrected chi connectivity index (χ0v) is 8.09. The number of rotatable bonds is 3. The minimum Gasteiger partial charge on any atom is -0.377 e. The number of halogens is 1. The molecule has 0 aliphatic carbocycles. The molecule has 4 nitrogen and oxygen atoms in total. The second kappa shape index (κ2) is 3.86. The maximum Gasteiger partial charge on any atom is 0.248 e. The Kier molecular flexibility index (Phi) is 2.55. The van der Waals surface area contributed by atoms with Crippen LogP contribution in [0.5, 0.6) is 0 Å². The zero-order chi connectivity index (χ0) is 10.8. The molecule has 0 bridgehead atoms. The van der Waals surface area contributed by atoms with Gasteiger partial charge in [0.25, 0.3) is 0 Å². The highest BCUT2D eigenvalue weighted by atomic mass is 19.1. The predicted octanol–water partition coefficient (Wildman–Crippen LogP) is 0.308. The van der Waals surface area contributed by atoms with E-state index in [0.29, 0.717) is 5.69 Å². The minimum absolute atomic E-state index is 0.185. The van der Waals surface area contributed by atoms with E-state index in [1.807, 2.05) is 0 Å². The first-order valence-corrected chi connectivity index (χ1v) is 4.73. The normalized spacial score (nSPS) is 15.8. The maximum atomic E-state index is 13.4. The zero-order valence-electron chi connectivity index (χ0n) is 8.09. The molecule has 1 amide bonds. The summed E-state index contributed by atoms with van der Waals surface area (Å²) in [6, 6.07) is 4.46. The van der Waals surface area contributed by atoms with E-state index >= 15 is 0 Å². The van der Waals surface area contributed by atoms with Crippen LogP contribution in [0.3, 0.4) is 0 Å². The van der Waals surface area contributed by atoms with Crippen LogP contribution in [0.4, 0.5) is 10.1 Å². The van der Waals surface area contributed by atoms with E-state index in [2.05, 4.69) is 10.6 Å². The molecule has 0 aromatic heterocycles. The van der Waals surface area contributed by atoms with E-state index in [1.165, 1.54) is 12.1 Å². The van der Waals surface area contributed by atoms with Crippen LogP contribution in [-0.4, -0.2) is 25.0 Å². The van der Waals surface area contributed by atoms with Crippen molar-refractivity contribution in [1.29, 1.82) is 0 Å². The average Bonchev–Trinajstić information content (AvgIpc) is 2.12. The average molecular weight is 209 g/mol. The van der Waals surface area contributed by atoms with Gasteiger partial charge in [0.05, 0.1) is 11.7 Å². The Labute approximate surface area is 86.7 Å². The van der Waals surface area contributed by atoms with Gasteiger partial charge in [0.15, 0.2) is 0 Å². The van der Waals surface area contributed by atoms with Crippen LogP contribution < -0.4 is 16.4 Å². The first-order chi connectivity index (χ1) is 7.16. The van der Waals surface area contributed by atoms with Gasteiger partial charge < -0.3 is 16.4 Å². The number of amides is 1. The largest absolute Gasteiger partial charge is 0.377 e. The van der Waals surface area contributed by atoms with E-state index in [-0.39, 0.29) is 11.6 Å². The predicted molar refractivity (Wildman–Crippen MR) is 55.2 cm³/mol. The SMILES string of the molecule is NC(=O)c1ccc(NC2CNC2)c(F)c1. The Bertz CT molecular complexity index is 390. The lowest BCUT2D eigenvalue weighted by Gasteiger charge is -2.29. The van der Waals surface area contributed by atoms with Gasteiger partial charge in [-0.25, -0.2) is 4.39 Å². The Balaban J connectivity index is 2.14. The minimum atomic E-state index is -0.620. The number of nitrogens with two attached hydrogens (primary N) is 1. The number of anilines is 1. The Morgan fingerprint density at radius 1 is 1.53 bits per heavy atom. The van der Waals surface area contributed by atoms with Crippen LogP contribution in [-0.2, 0) is 0 Å². The molecule has 15 heavy (non-hydrogen) atoms. The molecular formula is C10H12FN3O. The molecule has 0 saturated carbocycles. The summed E-state index contributed by atoms with van der Waals surface area (Å²) in [6.45, 7) is 1.66. The molecule has 0 spiro atoms. The summed E-state index contributed by atoms with van der Waals surface area (Å²) in [6.07, 6.45) is 0. The van der Waals surface area contributed by atoms with Crippen molar-refractivity contribution in [2.45, 2.75) is 6.04 Å². The van der Waals surface area contributed by atoms with Crippen LogP contribution in [0.25, 0.3) is 0 Å². The van der Waals surface area contributed by atoms with Crippen molar-refractivity contribution in [1.82, 2.24) is 5.32 Å². The number of carbonyl (C=O) groups is 1. The van der Waals surface area contributed by atoms with E-state index in [9.17, 15) is 9.18 Å². The highest BCUT2D eigenvalue weighted by Gasteiger charge is 2.17. The molecule has 4 N–H and O–H groups in total. The van der Waals surface area contributed by atoms with E-state index in [0.717, 1.165) is 19.2 Å². The molecule has 0 atom stereocenters. The second-order valence-corrected chi connectivity index (χ2v) is 3.56. The number of benzene rings is 1. The van der Waals surface area contributed by atoms with Gasteiger partial charge in [-0.1, -0.05) is 0 Å². The molecule has 1 saturated heterocycles. The highest BCUT2D eigenvalue weighted by Crippen LogP contribution is 2.17. The van der Waals surface area contributed by atoms with Crippen molar-refractivity contribution in [2.75, 3.05) is 18.4 Å². The molecule has 80 valence electrons. The van der Waals surface area contributed by atoms with E-state index < -0.39 is 11.7 Å². The third-order valence-electron chi connectivity index (χ3n) is 2.39. The Hall–Kier alpha value is -1.62. The summed E-state index contributed by atoms with van der Waals surface area (Å²) in [5.74, 6) is -1.07. The molecule has 1 aliphatic heterocycles. The Morgan fingerprint density at radius 2 is 2.27 bits per heavy atom. The fourth-order valence-electron chi connectivity index (χ4n) is 1.40. The number of carbonyl (C=O) groups excluding carboxylic acids is 1. The van der Waals surface area contributed by atoms with Gasteiger partial charge in [-0.15, -0.1) is 0 Å². The van der Waals surface area contributed by atoms with Crippen molar-refractivity contribution in [3.05, 3.63) is 29.6 Å². The summed E-state index contributed by atoms with van der Waals surface area (Å²) >= 11 is 0. The second-order valence-electron chi connectivity index (χ2n) is 3.56. The summed E-state index contributed by atoms with van der Waals surface area (Å²) in [7, 11) is 0. The third-order valence-corrected chi connectivity index (χ3v) is 2.39. The maximum absolute atomic E-state index is 13.4. The van der Waals surface area contributed by atoms with Crippen LogP contribution in [0.1, 0.15) is 10.4 Å². The molecule has 1 aromatic rings. The molecule has 0 radical (unpaired) electrons. The summed E-state index contributed by atoms with van der Waals surface area (Å²) in [5.41, 5.74) is 5.63. The molecule has 1 fully saturated rings. The fraction of sp³-hybridized carbons (Fsp3) is 0.300. The summed E-state index contributed by atoms with van der Waals surface area (Å²) in [5, 5.41) is 6.09. The Morgan fingerprint density at radius 3 is 2.73 bits per heavy atom. The molecular weight excluding hydrogens is 197 g/mol. The summed E-state index contributed by atoms with van der Waals surface area (Å²) < 4.78 is 13.4. The highest BCUT2D eigenvalue weighted by molar-refractivity contribution is 5.93. The van der Waals surface area contributed by atoms with Gasteiger partial charge in [0.1, 0.15) is 5.82 Å². The lowest BCUT2D eigenvalue weighted by Crippen LogP contribution is -2.51. The molecule has 2 rings (SSSR count). The molecule has 5 heteroatoms. The van der Waals surface area contributed by atoms with E-state index in [1.54, 1.807) is 0 Å². The lowest BCUT2D eigenvalue weighted by molar-refractivity contribution is 0.1000. The van der Waals surface area contributed by atoms with Crippen molar-refractivity contribution >= 4 is 11.6 Å². The van der Waals surface area contributed by atoms with Gasteiger partial charge in [-0.2, -0.15) is 0 Å². The van der Waals surface area contributed by atoms with E-state index in [4.69, 9.17) is 5.73 Å². The smallest absolute Gasteiger partial charge is 0.248 e. The van der Waals surface area contributed by atoms with Crippen LogP contribution >= 0.6 is 0 Å². The van der Waals surface area contributed by atoms with Crippen LogP contribution in [0.15, 0.2) is 18.2 Å². The monoisotopic (exact) mass is 209 g/mol. The standard InChI is InChI=1S/C10H12FN3O/c11-8-3-6(10(12)15)1-2-9(8)14-7-4-13-5-7/h1-3,7,13-14H,4-5H2,(H2,12,15). The quantitative estimate of drug-likeness (QED) is 0.671. The van der Waals surface area contributed by atoms with Crippen LogP contribution in [0.2, 0.25) is 0 Å². The summed E-state index contributed by atoms with van der Waals surface area (Å²) in [4.78, 5) is 10.8. The number of primary amides is 1. The van der Waals surface area contributed by atoms with Gasteiger partial charge in [-0.3, -0.25) is 4.79 Å². The van der Waals surface area contributed by atoms with Crippen molar-refractivity contribution < 1.29 is 9.18 Å². The first-order valence-electron chi connectivity index (χ1n) is 4.73. The van der Waals surface area contributed by atoms with Gasteiger partial charge in [0, 0.05) is 18.7 Å². The third kappa shape index (κ3) is 2.07. The van der Waals surface area contributed by atoms with Crippen molar-refractivity contribution in [3.8, 4) is 0 Å². The number of nitrogens with one attached hydrogen (secondary N) is 2. The van der Waals surface area contributed by atoms with Gasteiger partial charge in [-0.05, 0) is 18.2 Å². The lowest BCUT2D eigenvalue weighted by atomic mass is 10.1. The van der Waals surface area contributed by atoms with Crippen molar-refractivity contribution in [3.63, 3.8) is 0 Å². The van der Waals surface area contributed by atoms with Gasteiger partial charge in [0.2, 0.25) is 5.91 Å². The van der Waals surface area contributed by atoms with Crippen molar-refractivity contribution in [2.24, 2.45) is 5.73 Å². The van der Waals surface area contributed by atoms with Gasteiger partial charge >= 0.3 is 0 Å². The first kappa shape index (κ1) is 9.92. The fourth-order valence-corrected chi connectivity index (χ4v) is 1.40. The molecule has 0 unspecified atom stereocenters. The molecule has 1 heterocycles.